The number of anilines is 2. The van der Waals surface area contributed by atoms with Crippen molar-refractivity contribution < 1.29 is 65.0 Å². The number of hydrogen-bond acceptors (Lipinski definition) is 16. The molecule has 2 atom stereocenters. The van der Waals surface area contributed by atoms with E-state index in [2.05, 4.69) is 34.2 Å². The molecule has 347 valence electrons. The minimum atomic E-state index is -1.52. The van der Waals surface area contributed by atoms with Crippen LogP contribution in [0.25, 0.3) is 12.2 Å². The molecule has 8 bridgehead atoms. The third-order valence-corrected chi connectivity index (χ3v) is 11.9. The van der Waals surface area contributed by atoms with Crippen LogP contribution >= 0.6 is 12.6 Å². The van der Waals surface area contributed by atoms with Crippen LogP contribution in [0.15, 0.2) is 101 Å². The van der Waals surface area contributed by atoms with Crippen LogP contribution in [-0.2, 0) is 44.1 Å². The Balaban J connectivity index is 0.000000832. The van der Waals surface area contributed by atoms with Gasteiger partial charge in [0.1, 0.15) is 5.82 Å². The average molecular weight is 954 g/mol. The molecule has 2 aromatic heterocycles. The van der Waals surface area contributed by atoms with E-state index >= 15 is 0 Å². The molecule has 4 aliphatic heterocycles. The molecule has 18 nitrogen and oxygen atoms in total. The molecule has 0 aromatic carbocycles. The second kappa shape index (κ2) is 22.5. The molecule has 1 radical (unpaired) electrons. The smallest absolute Gasteiger partial charge is 0.883 e. The predicted molar refractivity (Wildman–Crippen MR) is 240 cm³/mol. The SMILES string of the molecule is C/C(=C(/S)CCO)N(C=O)Cc1cnc(N)nc1N.C=CC1=C(C)C2=CC3=NC(=C(CC(=O)[O-])C4=NC(=C(C)C4=C([O-])[O-])C=c4[n-]c(c(C)c4CC)=CC1=N2)C(CCC(=O)[O-])C3C.O.[Co+2].[H+].[H+]. The number of carboxylic acids is 2. The Labute approximate surface area is 394 Å². The molecule has 0 fully saturated rings. The number of thiol groups is 1. The number of hydrogen-bond donors (Lipinski definition) is 4. The maximum Gasteiger partial charge on any atom is 2.00 e. The zero-order valence-electron chi connectivity index (χ0n) is 38.6. The summed E-state index contributed by atoms with van der Waals surface area (Å²) in [5.74, 6) is -4.88. The van der Waals surface area contributed by atoms with Gasteiger partial charge in [-0.15, -0.1) is 23.3 Å². The Morgan fingerprint density at radius 3 is 2.29 bits per heavy atom. The van der Waals surface area contributed by atoms with E-state index in [1.54, 1.807) is 32.1 Å². The number of aromatic nitrogens is 3. The van der Waals surface area contributed by atoms with E-state index in [1.807, 2.05) is 33.8 Å². The van der Waals surface area contributed by atoms with Gasteiger partial charge in [-0.05, 0) is 69.8 Å². The summed E-state index contributed by atoms with van der Waals surface area (Å²) < 4.78 is 0. The van der Waals surface area contributed by atoms with E-state index in [-0.39, 0.29) is 96.9 Å². The summed E-state index contributed by atoms with van der Waals surface area (Å²) >= 11 is 4.24. The maximum absolute atomic E-state index is 12.5. The number of nitrogens with two attached hydrogens (primary N) is 2. The summed E-state index contributed by atoms with van der Waals surface area (Å²) in [6, 6.07) is 0. The fraction of sp³-hybridized carbons (Fsp3) is 0.333. The number of carbonyl (C=O) groups is 3. The fourth-order valence-corrected chi connectivity index (χ4v) is 8.00. The Morgan fingerprint density at radius 2 is 1.72 bits per heavy atom. The van der Waals surface area contributed by atoms with Crippen molar-refractivity contribution in [3.8, 4) is 0 Å². The third kappa shape index (κ3) is 11.5. The Morgan fingerprint density at radius 1 is 1.03 bits per heavy atom. The Bertz CT molecular complexity index is 2710. The Kier molecular flexibility index (Phi) is 18.4. The zero-order valence-corrected chi connectivity index (χ0v) is 38.6. The number of aliphatic hydroxyl groups excluding tert-OH is 1. The molecule has 6 heterocycles. The molecule has 2 aromatic rings. The number of aliphatic carboxylic acids is 2. The molecule has 65 heavy (non-hydrogen) atoms. The molecule has 0 aliphatic carbocycles. The number of nitrogens with zero attached hydrogens (tertiary/aromatic N) is 7. The van der Waals surface area contributed by atoms with Crippen LogP contribution in [0, 0.1) is 18.8 Å². The van der Waals surface area contributed by atoms with E-state index in [0.717, 1.165) is 22.3 Å². The van der Waals surface area contributed by atoms with Gasteiger partial charge < -0.3 is 61.9 Å². The molecule has 0 spiro atoms. The van der Waals surface area contributed by atoms with Crippen molar-refractivity contribution in [1.29, 1.82) is 0 Å². The van der Waals surface area contributed by atoms with E-state index < -0.39 is 30.2 Å². The van der Waals surface area contributed by atoms with E-state index in [4.69, 9.17) is 31.5 Å². The van der Waals surface area contributed by atoms with Gasteiger partial charge in [0.25, 0.3) is 0 Å². The van der Waals surface area contributed by atoms with Crippen molar-refractivity contribution in [2.75, 3.05) is 18.1 Å². The first kappa shape index (κ1) is 53.0. The number of fused-ring (bicyclic) bond motifs is 5. The number of amides is 1. The van der Waals surface area contributed by atoms with E-state index in [9.17, 15) is 34.8 Å². The van der Waals surface area contributed by atoms with Crippen molar-refractivity contribution >= 4 is 72.0 Å². The standard InChI is InChI=1S/C34H36N4O6.C11H17N5O2S.Co.H2O/c1-7-19-15(3)23-12-25-17(5)21(9-10-29(39)40)32(37-25)22(11-30(41)42)33-31(34(43)44)18(6)26(38-33)14-28-20(8-2)16(4)24(36-28)13-27(19)35-23;1-7(9(19)2-3-17)16(6-18)5-8-4-14-11(13)15-10(8)12;;/h7,12-14,17,21H,1,8-11H2,2-6H3,(H5,35,36,37,38,39,40,41,42,43,44);4,6,17,19H,2-3,5H2,1H3,(H4,12,13,14,15);;1H2/q;;+2;/p-3/b;9-7-;;. The van der Waals surface area contributed by atoms with Gasteiger partial charge in [0.15, 0.2) is 0 Å². The van der Waals surface area contributed by atoms with Crippen LogP contribution in [-0.4, -0.2) is 67.5 Å². The van der Waals surface area contributed by atoms with Crippen LogP contribution in [0.5, 0.6) is 0 Å². The summed E-state index contributed by atoms with van der Waals surface area (Å²) in [5, 5.41) is 58.8. The molecule has 0 saturated carbocycles. The second-order valence-electron chi connectivity index (χ2n) is 15.2. The van der Waals surface area contributed by atoms with Gasteiger partial charge in [-0.2, -0.15) is 10.9 Å². The second-order valence-corrected chi connectivity index (χ2v) is 15.7. The van der Waals surface area contributed by atoms with Crippen LogP contribution in [0.2, 0.25) is 0 Å². The van der Waals surface area contributed by atoms with E-state index in [0.29, 0.717) is 68.9 Å². The summed E-state index contributed by atoms with van der Waals surface area (Å²) in [4.78, 5) is 63.7. The van der Waals surface area contributed by atoms with Crippen LogP contribution in [0.4, 0.5) is 11.8 Å². The molecule has 2 unspecified atom stereocenters. The number of carbonyl (C=O) groups excluding carboxylic acids is 3. The van der Waals surface area contributed by atoms with Gasteiger partial charge in [0.05, 0.1) is 35.1 Å². The molecule has 0 saturated heterocycles. The van der Waals surface area contributed by atoms with Gasteiger partial charge in [-0.25, -0.2) is 15.0 Å². The van der Waals surface area contributed by atoms with Crippen molar-refractivity contribution in [3.63, 3.8) is 0 Å². The summed E-state index contributed by atoms with van der Waals surface area (Å²) in [6.45, 7) is 15.2. The third-order valence-electron chi connectivity index (χ3n) is 11.3. The molecule has 1 amide bonds. The van der Waals surface area contributed by atoms with E-state index in [1.165, 1.54) is 11.1 Å². The van der Waals surface area contributed by atoms with Crippen LogP contribution < -0.4 is 47.6 Å². The summed E-state index contributed by atoms with van der Waals surface area (Å²) in [5.41, 5.74) is 18.3. The number of carboxylic acid groups (broad SMARTS) is 2. The van der Waals surface area contributed by atoms with Gasteiger partial charge >= 0.3 is 19.6 Å². The summed E-state index contributed by atoms with van der Waals surface area (Å²) in [6.07, 6.45) is 9.37. The topological polar surface area (TPSA) is 327 Å². The monoisotopic (exact) mass is 953 g/mol. The van der Waals surface area contributed by atoms with Crippen molar-refractivity contribution in [1.82, 2.24) is 19.9 Å². The van der Waals surface area contributed by atoms with Gasteiger partial charge in [-0.3, -0.25) is 9.79 Å². The van der Waals surface area contributed by atoms with Gasteiger partial charge in [-0.1, -0.05) is 49.8 Å². The van der Waals surface area contributed by atoms with Crippen LogP contribution in [0.3, 0.4) is 0 Å². The quantitative estimate of drug-likeness (QED) is 0.104. The van der Waals surface area contributed by atoms with Crippen molar-refractivity contribution in [3.05, 3.63) is 114 Å². The fourth-order valence-electron chi connectivity index (χ4n) is 7.77. The Hall–Kier alpha value is -6.32. The minimum Gasteiger partial charge on any atom is -0.883 e. The first-order valence-electron chi connectivity index (χ1n) is 20.0. The first-order valence-corrected chi connectivity index (χ1v) is 20.5. The molecule has 4 aliphatic rings. The number of aliphatic imine (C=N–C) groups is 3. The average Bonchev–Trinajstić information content (AvgIpc) is 3.91. The van der Waals surface area contributed by atoms with Gasteiger partial charge in [0, 0.05) is 82.4 Å². The molecule has 20 heteroatoms. The zero-order chi connectivity index (χ0) is 46.4. The number of allylic oxidation sites excluding steroid dienone is 9. The largest absolute Gasteiger partial charge is 2.00 e. The number of rotatable bonds is 13. The van der Waals surface area contributed by atoms with Crippen molar-refractivity contribution in [2.24, 2.45) is 26.8 Å². The number of nitrogen functional groups attached to an aromatic ring is 2. The molecular weight excluding hydrogens is 902 g/mol. The van der Waals surface area contributed by atoms with Gasteiger partial charge in [0.2, 0.25) is 12.4 Å². The minimum absolute atomic E-state index is 0. The molecule has 7 N–H and O–H groups in total. The number of aliphatic hydroxyl groups is 1. The maximum atomic E-state index is 12.5. The summed E-state index contributed by atoms with van der Waals surface area (Å²) in [7, 11) is 0. The van der Waals surface area contributed by atoms with Crippen LogP contribution in [0.1, 0.15) is 79.8 Å². The molecular formula is C45H52CoN9O9S-. The first-order chi connectivity index (χ1) is 29.8. The van der Waals surface area contributed by atoms with Crippen molar-refractivity contribution in [2.45, 2.75) is 80.2 Å². The normalized spacial score (nSPS) is 17.8. The predicted octanol–water partition coefficient (Wildman–Crippen LogP) is -1.24. The molecule has 6 rings (SSSR count).